The standard InChI is InChI=1S/C23H19N3O/c27-23(14-11-20-7-3-6-19-5-1-2-8-22(19)20)25-21-12-9-18(10-13-21)17-26-16-4-15-24-26/h1-16H,17H2,(H,25,27). The first-order valence-corrected chi connectivity index (χ1v) is 8.81. The number of aromatic nitrogens is 2. The fourth-order valence-electron chi connectivity index (χ4n) is 3.02. The second-order valence-electron chi connectivity index (χ2n) is 6.29. The van der Waals surface area contributed by atoms with Crippen LogP contribution in [0.1, 0.15) is 11.1 Å². The highest BCUT2D eigenvalue weighted by Crippen LogP contribution is 2.19. The average Bonchev–Trinajstić information content (AvgIpc) is 3.21. The number of rotatable bonds is 5. The molecule has 0 atom stereocenters. The third-order valence-electron chi connectivity index (χ3n) is 4.36. The van der Waals surface area contributed by atoms with E-state index in [9.17, 15) is 4.79 Å². The predicted molar refractivity (Wildman–Crippen MR) is 109 cm³/mol. The van der Waals surface area contributed by atoms with Gasteiger partial charge < -0.3 is 5.32 Å². The number of hydrogen-bond donors (Lipinski definition) is 1. The smallest absolute Gasteiger partial charge is 0.248 e. The number of amides is 1. The molecular formula is C23H19N3O. The molecule has 0 radical (unpaired) electrons. The fraction of sp³-hybridized carbons (Fsp3) is 0.0435. The molecule has 1 N–H and O–H groups in total. The van der Waals surface area contributed by atoms with Gasteiger partial charge in [0.05, 0.1) is 6.54 Å². The molecule has 1 aromatic heterocycles. The molecule has 0 aliphatic rings. The van der Waals surface area contributed by atoms with E-state index < -0.39 is 0 Å². The Morgan fingerprint density at radius 2 is 1.78 bits per heavy atom. The lowest BCUT2D eigenvalue weighted by Crippen LogP contribution is -2.08. The Morgan fingerprint density at radius 3 is 2.59 bits per heavy atom. The molecule has 0 spiro atoms. The molecule has 132 valence electrons. The lowest BCUT2D eigenvalue weighted by atomic mass is 10.0. The molecule has 0 saturated carbocycles. The van der Waals surface area contributed by atoms with E-state index in [0.717, 1.165) is 27.6 Å². The van der Waals surface area contributed by atoms with Crippen LogP contribution >= 0.6 is 0 Å². The molecule has 4 heteroatoms. The van der Waals surface area contributed by atoms with Crippen molar-refractivity contribution in [3.8, 4) is 0 Å². The summed E-state index contributed by atoms with van der Waals surface area (Å²) in [6, 6.07) is 23.9. The third-order valence-corrected chi connectivity index (χ3v) is 4.36. The molecule has 1 amide bonds. The van der Waals surface area contributed by atoms with Crippen LogP contribution in [0.15, 0.2) is 91.3 Å². The zero-order chi connectivity index (χ0) is 18.5. The molecule has 0 unspecified atom stereocenters. The highest BCUT2D eigenvalue weighted by molar-refractivity contribution is 6.03. The van der Waals surface area contributed by atoms with E-state index in [1.54, 1.807) is 12.3 Å². The Hall–Kier alpha value is -3.66. The van der Waals surface area contributed by atoms with Crippen LogP contribution in [0.3, 0.4) is 0 Å². The number of nitrogens with one attached hydrogen (secondary N) is 1. The van der Waals surface area contributed by atoms with Gasteiger partial charge in [-0.05, 0) is 46.2 Å². The molecule has 4 aromatic rings. The van der Waals surface area contributed by atoms with Crippen molar-refractivity contribution >= 4 is 28.4 Å². The summed E-state index contributed by atoms with van der Waals surface area (Å²) in [7, 11) is 0. The van der Waals surface area contributed by atoms with E-state index in [2.05, 4.69) is 28.6 Å². The minimum absolute atomic E-state index is 0.150. The maximum atomic E-state index is 12.3. The summed E-state index contributed by atoms with van der Waals surface area (Å²) < 4.78 is 1.86. The van der Waals surface area contributed by atoms with Crippen molar-refractivity contribution < 1.29 is 4.79 Å². The van der Waals surface area contributed by atoms with Gasteiger partial charge in [-0.2, -0.15) is 5.10 Å². The van der Waals surface area contributed by atoms with Crippen molar-refractivity contribution in [2.75, 3.05) is 5.32 Å². The van der Waals surface area contributed by atoms with E-state index >= 15 is 0 Å². The van der Waals surface area contributed by atoms with Gasteiger partial charge in [-0.25, -0.2) is 0 Å². The van der Waals surface area contributed by atoms with Crippen LogP contribution in [0.5, 0.6) is 0 Å². The van der Waals surface area contributed by atoms with Crippen LogP contribution in [0.2, 0.25) is 0 Å². The number of anilines is 1. The summed E-state index contributed by atoms with van der Waals surface area (Å²) in [4.78, 5) is 12.3. The van der Waals surface area contributed by atoms with Gasteiger partial charge in [0.1, 0.15) is 0 Å². The molecule has 4 nitrogen and oxygen atoms in total. The summed E-state index contributed by atoms with van der Waals surface area (Å²) >= 11 is 0. The van der Waals surface area contributed by atoms with E-state index in [1.807, 2.05) is 71.6 Å². The number of hydrogen-bond acceptors (Lipinski definition) is 2. The molecule has 4 rings (SSSR count). The third kappa shape index (κ3) is 4.12. The van der Waals surface area contributed by atoms with Gasteiger partial charge in [-0.1, -0.05) is 54.6 Å². The largest absolute Gasteiger partial charge is 0.323 e. The SMILES string of the molecule is O=C(C=Cc1cccc2ccccc12)Nc1ccc(Cn2cccn2)cc1. The van der Waals surface area contributed by atoms with Crippen LogP contribution < -0.4 is 5.32 Å². The van der Waals surface area contributed by atoms with Crippen molar-refractivity contribution in [1.29, 1.82) is 0 Å². The second-order valence-corrected chi connectivity index (χ2v) is 6.29. The summed E-state index contributed by atoms with van der Waals surface area (Å²) in [6.45, 7) is 0.711. The van der Waals surface area contributed by atoms with Crippen LogP contribution in [0.4, 0.5) is 5.69 Å². The average molecular weight is 353 g/mol. The number of carbonyl (C=O) groups excluding carboxylic acids is 1. The summed E-state index contributed by atoms with van der Waals surface area (Å²) in [5.41, 5.74) is 2.92. The second kappa shape index (κ2) is 7.70. The Bertz CT molecular complexity index is 1080. The number of carbonyl (C=O) groups is 1. The molecule has 3 aromatic carbocycles. The van der Waals surface area contributed by atoms with Gasteiger partial charge in [0.2, 0.25) is 5.91 Å². The van der Waals surface area contributed by atoms with Crippen molar-refractivity contribution in [3.05, 3.63) is 102 Å². The lowest BCUT2D eigenvalue weighted by molar-refractivity contribution is -0.111. The number of nitrogens with zero attached hydrogens (tertiary/aromatic N) is 2. The molecule has 0 aliphatic heterocycles. The van der Waals surface area contributed by atoms with Crippen LogP contribution in [0.25, 0.3) is 16.8 Å². The predicted octanol–water partition coefficient (Wildman–Crippen LogP) is 4.74. The zero-order valence-corrected chi connectivity index (χ0v) is 14.7. The highest BCUT2D eigenvalue weighted by atomic mass is 16.1. The molecule has 0 saturated heterocycles. The normalized spacial score (nSPS) is 11.1. The first-order valence-electron chi connectivity index (χ1n) is 8.81. The van der Waals surface area contributed by atoms with Crippen LogP contribution in [-0.4, -0.2) is 15.7 Å². The Labute approximate surface area is 157 Å². The van der Waals surface area contributed by atoms with Gasteiger partial charge >= 0.3 is 0 Å². The Balaban J connectivity index is 1.42. The van der Waals surface area contributed by atoms with Crippen molar-refractivity contribution in [3.63, 3.8) is 0 Å². The van der Waals surface area contributed by atoms with E-state index in [1.165, 1.54) is 0 Å². The van der Waals surface area contributed by atoms with E-state index in [0.29, 0.717) is 6.54 Å². The maximum absolute atomic E-state index is 12.3. The van der Waals surface area contributed by atoms with Gasteiger partial charge in [-0.3, -0.25) is 9.48 Å². The Kier molecular flexibility index (Phi) is 4.79. The summed E-state index contributed by atoms with van der Waals surface area (Å²) in [6.07, 6.45) is 7.10. The first kappa shape index (κ1) is 16.8. The maximum Gasteiger partial charge on any atom is 0.248 e. The van der Waals surface area contributed by atoms with Gasteiger partial charge in [0.25, 0.3) is 0 Å². The number of benzene rings is 3. The minimum Gasteiger partial charge on any atom is -0.323 e. The molecule has 0 bridgehead atoms. The zero-order valence-electron chi connectivity index (χ0n) is 14.7. The van der Waals surface area contributed by atoms with Crippen LogP contribution in [0, 0.1) is 0 Å². The molecule has 27 heavy (non-hydrogen) atoms. The Morgan fingerprint density at radius 1 is 0.963 bits per heavy atom. The molecule has 0 aliphatic carbocycles. The van der Waals surface area contributed by atoms with Crippen molar-refractivity contribution in [2.24, 2.45) is 0 Å². The molecular weight excluding hydrogens is 334 g/mol. The quantitative estimate of drug-likeness (QED) is 0.527. The van der Waals surface area contributed by atoms with Gasteiger partial charge in [-0.15, -0.1) is 0 Å². The number of fused-ring (bicyclic) bond motifs is 1. The highest BCUT2D eigenvalue weighted by Gasteiger charge is 2.01. The summed E-state index contributed by atoms with van der Waals surface area (Å²) in [5.74, 6) is -0.150. The molecule has 0 fully saturated rings. The van der Waals surface area contributed by atoms with Crippen molar-refractivity contribution in [1.82, 2.24) is 9.78 Å². The lowest BCUT2D eigenvalue weighted by Gasteiger charge is -2.05. The summed E-state index contributed by atoms with van der Waals surface area (Å²) in [5, 5.41) is 9.38. The van der Waals surface area contributed by atoms with Crippen molar-refractivity contribution in [2.45, 2.75) is 6.54 Å². The van der Waals surface area contributed by atoms with Gasteiger partial charge in [0, 0.05) is 24.2 Å². The first-order chi connectivity index (χ1) is 13.3. The molecule has 1 heterocycles. The van der Waals surface area contributed by atoms with Crippen LogP contribution in [-0.2, 0) is 11.3 Å². The minimum atomic E-state index is -0.150. The van der Waals surface area contributed by atoms with Gasteiger partial charge in [0.15, 0.2) is 0 Å². The van der Waals surface area contributed by atoms with E-state index in [4.69, 9.17) is 0 Å². The van der Waals surface area contributed by atoms with E-state index in [-0.39, 0.29) is 5.91 Å². The monoisotopic (exact) mass is 353 g/mol. The topological polar surface area (TPSA) is 46.9 Å². The fourth-order valence-corrected chi connectivity index (χ4v) is 3.02.